The second kappa shape index (κ2) is 3.24. The van der Waals surface area contributed by atoms with E-state index in [1.165, 1.54) is 0 Å². The Kier molecular flexibility index (Phi) is 2.52. The van der Waals surface area contributed by atoms with E-state index in [1.807, 2.05) is 19.1 Å². The van der Waals surface area contributed by atoms with Crippen molar-refractivity contribution in [2.24, 2.45) is 0 Å². The molecule has 11 heavy (non-hydrogen) atoms. The SMILES string of the molecule is Cc1ccc(CO)c(N)c1Br. The van der Waals surface area contributed by atoms with Crippen molar-refractivity contribution in [3.05, 3.63) is 27.7 Å². The molecular weight excluding hydrogens is 206 g/mol. The largest absolute Gasteiger partial charge is 0.398 e. The van der Waals surface area contributed by atoms with Gasteiger partial charge in [-0.2, -0.15) is 0 Å². The van der Waals surface area contributed by atoms with Crippen LogP contribution in [0.15, 0.2) is 16.6 Å². The highest BCUT2D eigenvalue weighted by Gasteiger charge is 2.03. The molecule has 3 N–H and O–H groups in total. The van der Waals surface area contributed by atoms with E-state index >= 15 is 0 Å². The van der Waals surface area contributed by atoms with E-state index in [0.29, 0.717) is 5.69 Å². The Labute approximate surface area is 74.2 Å². The number of aliphatic hydroxyl groups excluding tert-OH is 1. The van der Waals surface area contributed by atoms with Gasteiger partial charge < -0.3 is 10.8 Å². The van der Waals surface area contributed by atoms with Crippen LogP contribution in [0.4, 0.5) is 5.69 Å². The smallest absolute Gasteiger partial charge is 0.0702 e. The third-order valence-corrected chi connectivity index (χ3v) is 2.69. The second-order valence-corrected chi connectivity index (χ2v) is 3.22. The summed E-state index contributed by atoms with van der Waals surface area (Å²) in [6.07, 6.45) is 0. The molecule has 0 saturated carbocycles. The fourth-order valence-corrected chi connectivity index (χ4v) is 1.27. The minimum absolute atomic E-state index is 0.00921. The molecule has 0 aliphatic heterocycles. The van der Waals surface area contributed by atoms with E-state index in [2.05, 4.69) is 15.9 Å². The number of nitrogens with two attached hydrogens (primary N) is 1. The van der Waals surface area contributed by atoms with Crippen molar-refractivity contribution in [3.63, 3.8) is 0 Å². The lowest BCUT2D eigenvalue weighted by Gasteiger charge is -2.06. The van der Waals surface area contributed by atoms with Crippen LogP contribution < -0.4 is 5.73 Å². The van der Waals surface area contributed by atoms with Gasteiger partial charge in [-0.1, -0.05) is 12.1 Å². The quantitative estimate of drug-likeness (QED) is 0.703. The maximum absolute atomic E-state index is 8.83. The van der Waals surface area contributed by atoms with Gasteiger partial charge in [-0.15, -0.1) is 0 Å². The molecule has 2 nitrogen and oxygen atoms in total. The molecule has 1 aromatic carbocycles. The van der Waals surface area contributed by atoms with Crippen LogP contribution in [0.3, 0.4) is 0 Å². The summed E-state index contributed by atoms with van der Waals surface area (Å²) in [6, 6.07) is 3.75. The molecule has 0 bridgehead atoms. The van der Waals surface area contributed by atoms with Gasteiger partial charge >= 0.3 is 0 Å². The zero-order chi connectivity index (χ0) is 8.43. The molecule has 3 heteroatoms. The van der Waals surface area contributed by atoms with Gasteiger partial charge in [-0.05, 0) is 28.4 Å². The summed E-state index contributed by atoms with van der Waals surface area (Å²) in [5, 5.41) is 8.83. The number of rotatable bonds is 1. The number of hydrogen-bond acceptors (Lipinski definition) is 2. The van der Waals surface area contributed by atoms with Gasteiger partial charge in [0.2, 0.25) is 0 Å². The minimum Gasteiger partial charge on any atom is -0.398 e. The molecule has 0 aliphatic rings. The number of hydrogen-bond donors (Lipinski definition) is 2. The van der Waals surface area contributed by atoms with Crippen LogP contribution in [-0.2, 0) is 6.61 Å². The molecule has 0 amide bonds. The van der Waals surface area contributed by atoms with Crippen LogP contribution in [0.2, 0.25) is 0 Å². The van der Waals surface area contributed by atoms with Crippen molar-refractivity contribution in [2.75, 3.05) is 5.73 Å². The number of benzene rings is 1. The topological polar surface area (TPSA) is 46.2 Å². The summed E-state index contributed by atoms with van der Waals surface area (Å²) in [7, 11) is 0. The maximum atomic E-state index is 8.83. The van der Waals surface area contributed by atoms with Crippen molar-refractivity contribution in [1.82, 2.24) is 0 Å². The minimum atomic E-state index is -0.00921. The summed E-state index contributed by atoms with van der Waals surface area (Å²) in [6.45, 7) is 1.95. The lowest BCUT2D eigenvalue weighted by atomic mass is 10.1. The second-order valence-electron chi connectivity index (χ2n) is 2.43. The summed E-state index contributed by atoms with van der Waals surface area (Å²) in [4.78, 5) is 0. The average molecular weight is 216 g/mol. The van der Waals surface area contributed by atoms with Gasteiger partial charge in [0.1, 0.15) is 0 Å². The van der Waals surface area contributed by atoms with E-state index < -0.39 is 0 Å². The number of aryl methyl sites for hydroxylation is 1. The number of halogens is 1. The van der Waals surface area contributed by atoms with E-state index in [1.54, 1.807) is 0 Å². The first-order valence-electron chi connectivity index (χ1n) is 3.31. The normalized spacial score (nSPS) is 10.1. The van der Waals surface area contributed by atoms with Gasteiger partial charge in [0.05, 0.1) is 12.3 Å². The van der Waals surface area contributed by atoms with Gasteiger partial charge in [-0.25, -0.2) is 0 Å². The van der Waals surface area contributed by atoms with Crippen molar-refractivity contribution in [3.8, 4) is 0 Å². The first-order valence-corrected chi connectivity index (χ1v) is 4.10. The van der Waals surface area contributed by atoms with E-state index in [9.17, 15) is 0 Å². The van der Waals surface area contributed by atoms with Crippen LogP contribution >= 0.6 is 15.9 Å². The Morgan fingerprint density at radius 2 is 2.18 bits per heavy atom. The van der Waals surface area contributed by atoms with Crippen molar-refractivity contribution >= 4 is 21.6 Å². The third-order valence-electron chi connectivity index (χ3n) is 1.63. The molecule has 1 aromatic rings. The van der Waals surface area contributed by atoms with Crippen molar-refractivity contribution in [1.29, 1.82) is 0 Å². The zero-order valence-electron chi connectivity index (χ0n) is 6.26. The van der Waals surface area contributed by atoms with Crippen LogP contribution in [-0.4, -0.2) is 5.11 Å². The molecule has 60 valence electrons. The Morgan fingerprint density at radius 3 is 2.73 bits per heavy atom. The lowest BCUT2D eigenvalue weighted by Crippen LogP contribution is -1.96. The van der Waals surface area contributed by atoms with E-state index in [4.69, 9.17) is 10.8 Å². The van der Waals surface area contributed by atoms with Gasteiger partial charge in [0, 0.05) is 10.0 Å². The highest BCUT2D eigenvalue weighted by atomic mass is 79.9. The molecule has 0 radical (unpaired) electrons. The average Bonchev–Trinajstić information content (AvgIpc) is 2.01. The van der Waals surface area contributed by atoms with Crippen molar-refractivity contribution in [2.45, 2.75) is 13.5 Å². The Bertz CT molecular complexity index is 273. The predicted octanol–water partition coefficient (Wildman–Crippen LogP) is 1.83. The molecule has 0 atom stereocenters. The molecule has 0 heterocycles. The highest BCUT2D eigenvalue weighted by molar-refractivity contribution is 9.10. The first kappa shape index (κ1) is 8.56. The maximum Gasteiger partial charge on any atom is 0.0702 e. The first-order chi connectivity index (χ1) is 5.16. The summed E-state index contributed by atoms with van der Waals surface area (Å²) in [5.41, 5.74) is 8.17. The van der Waals surface area contributed by atoms with Crippen LogP contribution in [0.5, 0.6) is 0 Å². The van der Waals surface area contributed by atoms with Gasteiger partial charge in [0.15, 0.2) is 0 Å². The lowest BCUT2D eigenvalue weighted by molar-refractivity contribution is 0.282. The number of nitrogen functional groups attached to an aromatic ring is 1. The Balaban J connectivity index is 3.25. The van der Waals surface area contributed by atoms with E-state index in [-0.39, 0.29) is 6.61 Å². The summed E-state index contributed by atoms with van der Waals surface area (Å²) >= 11 is 3.33. The van der Waals surface area contributed by atoms with Crippen LogP contribution in [0.25, 0.3) is 0 Å². The molecular formula is C8H10BrNO. The number of aliphatic hydroxyl groups is 1. The molecule has 0 unspecified atom stereocenters. The molecule has 1 rings (SSSR count). The standard InChI is InChI=1S/C8H10BrNO/c1-5-2-3-6(4-11)8(10)7(5)9/h2-3,11H,4,10H2,1H3. The third kappa shape index (κ3) is 1.54. The molecule has 0 aliphatic carbocycles. The highest BCUT2D eigenvalue weighted by Crippen LogP contribution is 2.26. The monoisotopic (exact) mass is 215 g/mol. The summed E-state index contributed by atoms with van der Waals surface area (Å²) < 4.78 is 0.879. The fourth-order valence-electron chi connectivity index (χ4n) is 0.880. The van der Waals surface area contributed by atoms with E-state index in [0.717, 1.165) is 15.6 Å². The van der Waals surface area contributed by atoms with Gasteiger partial charge in [-0.3, -0.25) is 0 Å². The molecule has 0 saturated heterocycles. The van der Waals surface area contributed by atoms with Crippen LogP contribution in [0, 0.1) is 6.92 Å². The zero-order valence-corrected chi connectivity index (χ0v) is 7.85. The molecule has 0 aromatic heterocycles. The number of anilines is 1. The molecule has 0 fully saturated rings. The fraction of sp³-hybridized carbons (Fsp3) is 0.250. The Hall–Kier alpha value is -0.540. The molecule has 0 spiro atoms. The summed E-state index contributed by atoms with van der Waals surface area (Å²) in [5.74, 6) is 0. The van der Waals surface area contributed by atoms with Crippen LogP contribution in [0.1, 0.15) is 11.1 Å². The van der Waals surface area contributed by atoms with Gasteiger partial charge in [0.25, 0.3) is 0 Å². The predicted molar refractivity (Wildman–Crippen MR) is 49.2 cm³/mol. The Morgan fingerprint density at radius 1 is 1.55 bits per heavy atom. The van der Waals surface area contributed by atoms with Crippen molar-refractivity contribution < 1.29 is 5.11 Å².